The fourth-order valence-electron chi connectivity index (χ4n) is 2.09. The van der Waals surface area contributed by atoms with E-state index in [9.17, 15) is 0 Å². The van der Waals surface area contributed by atoms with Gasteiger partial charge in [-0.2, -0.15) is 0 Å². The van der Waals surface area contributed by atoms with Crippen molar-refractivity contribution in [3.63, 3.8) is 0 Å². The Morgan fingerprint density at radius 2 is 1.80 bits per heavy atom. The lowest BCUT2D eigenvalue weighted by Crippen LogP contribution is -2.29. The molecule has 2 rings (SSSR count). The Morgan fingerprint density at radius 3 is 2.35 bits per heavy atom. The molecule has 1 atom stereocenters. The molecule has 0 aliphatic carbocycles. The number of aryl methyl sites for hydroxylation is 1. The maximum Gasteiger partial charge on any atom is 0.0501 e. The molecule has 0 radical (unpaired) electrons. The van der Waals surface area contributed by atoms with Gasteiger partial charge in [0.05, 0.1) is 6.04 Å². The van der Waals surface area contributed by atoms with Crippen LogP contribution in [0.4, 0.5) is 0 Å². The summed E-state index contributed by atoms with van der Waals surface area (Å²) in [5.41, 5.74) is 6.20. The summed E-state index contributed by atoms with van der Waals surface area (Å²) in [6.07, 6.45) is 0.735. The molecule has 0 aliphatic heterocycles. The first kappa shape index (κ1) is 16.0. The topological polar surface area (TPSA) is 38.0 Å². The van der Waals surface area contributed by atoms with E-state index in [-0.39, 0.29) is 6.04 Å². The quantitative estimate of drug-likeness (QED) is 0.546. The zero-order valence-electron chi connectivity index (χ0n) is 11.0. The lowest BCUT2D eigenvalue weighted by atomic mass is 9.99. The smallest absolute Gasteiger partial charge is 0.0501 e. The van der Waals surface area contributed by atoms with Crippen molar-refractivity contribution in [2.24, 2.45) is 5.84 Å². The average Bonchev–Trinajstić information content (AvgIpc) is 2.36. The largest absolute Gasteiger partial charge is 0.271 e. The normalized spacial score (nSPS) is 12.4. The van der Waals surface area contributed by atoms with Crippen LogP contribution in [0.5, 0.6) is 0 Å². The van der Waals surface area contributed by atoms with Gasteiger partial charge in [0, 0.05) is 14.0 Å². The molecule has 0 spiro atoms. The van der Waals surface area contributed by atoms with Crippen LogP contribution in [0.3, 0.4) is 0 Å². The zero-order chi connectivity index (χ0) is 14.7. The number of nitrogens with one attached hydrogen (secondary N) is 1. The molecule has 2 aromatic rings. The summed E-state index contributed by atoms with van der Waals surface area (Å²) in [7, 11) is 0. The van der Waals surface area contributed by atoms with Gasteiger partial charge in [0.15, 0.2) is 0 Å². The summed E-state index contributed by atoms with van der Waals surface area (Å²) < 4.78 is 2.02. The summed E-state index contributed by atoms with van der Waals surface area (Å²) in [5, 5.41) is 0.777. The highest BCUT2D eigenvalue weighted by atomic mass is 79.9. The second-order valence-corrected chi connectivity index (χ2v) is 6.96. The predicted octanol–water partition coefficient (Wildman–Crippen LogP) is 4.92. The van der Waals surface area contributed by atoms with E-state index in [4.69, 9.17) is 17.4 Å². The van der Waals surface area contributed by atoms with Crippen LogP contribution in [-0.4, -0.2) is 0 Å². The molecule has 0 saturated heterocycles. The Labute approximate surface area is 140 Å². The number of hydrogen-bond acceptors (Lipinski definition) is 2. The SMILES string of the molecule is Cc1ccc(CC(NN)c2cc(Br)cc(Br)c2)c(Cl)c1. The van der Waals surface area contributed by atoms with Crippen LogP contribution < -0.4 is 11.3 Å². The number of hydrogen-bond donors (Lipinski definition) is 2. The Balaban J connectivity index is 2.28. The van der Waals surface area contributed by atoms with E-state index >= 15 is 0 Å². The van der Waals surface area contributed by atoms with Gasteiger partial charge in [0.25, 0.3) is 0 Å². The van der Waals surface area contributed by atoms with Gasteiger partial charge in [-0.05, 0) is 54.3 Å². The van der Waals surface area contributed by atoms with E-state index in [1.807, 2.05) is 19.1 Å². The van der Waals surface area contributed by atoms with Crippen molar-refractivity contribution in [1.82, 2.24) is 5.43 Å². The molecule has 2 nitrogen and oxygen atoms in total. The third-order valence-electron chi connectivity index (χ3n) is 3.12. The maximum absolute atomic E-state index is 6.29. The monoisotopic (exact) mass is 416 g/mol. The molecule has 0 heterocycles. The highest BCUT2D eigenvalue weighted by Gasteiger charge is 2.14. The van der Waals surface area contributed by atoms with E-state index in [1.165, 1.54) is 0 Å². The van der Waals surface area contributed by atoms with Crippen LogP contribution in [0, 0.1) is 6.92 Å². The lowest BCUT2D eigenvalue weighted by Gasteiger charge is -2.18. The molecule has 20 heavy (non-hydrogen) atoms. The van der Waals surface area contributed by atoms with Crippen molar-refractivity contribution >= 4 is 43.5 Å². The summed E-state index contributed by atoms with van der Waals surface area (Å²) in [6, 6.07) is 12.2. The van der Waals surface area contributed by atoms with Gasteiger partial charge in [-0.1, -0.05) is 55.6 Å². The molecule has 5 heteroatoms. The van der Waals surface area contributed by atoms with Crippen LogP contribution in [0.2, 0.25) is 5.02 Å². The number of nitrogens with two attached hydrogens (primary N) is 1. The molecule has 3 N–H and O–H groups in total. The lowest BCUT2D eigenvalue weighted by molar-refractivity contribution is 0.551. The first-order valence-electron chi connectivity index (χ1n) is 6.16. The van der Waals surface area contributed by atoms with E-state index in [0.717, 1.165) is 37.1 Å². The molecule has 1 unspecified atom stereocenters. The van der Waals surface area contributed by atoms with Gasteiger partial charge in [-0.3, -0.25) is 11.3 Å². The summed E-state index contributed by atoms with van der Waals surface area (Å²) in [4.78, 5) is 0. The minimum absolute atomic E-state index is 0.00371. The minimum Gasteiger partial charge on any atom is -0.271 e. The van der Waals surface area contributed by atoms with Crippen molar-refractivity contribution in [2.45, 2.75) is 19.4 Å². The van der Waals surface area contributed by atoms with Crippen LogP contribution in [0.25, 0.3) is 0 Å². The summed E-state index contributed by atoms with van der Waals surface area (Å²) in [6.45, 7) is 2.03. The minimum atomic E-state index is 0.00371. The zero-order valence-corrected chi connectivity index (χ0v) is 14.9. The van der Waals surface area contributed by atoms with Gasteiger partial charge >= 0.3 is 0 Å². The standard InChI is InChI=1S/C15H15Br2ClN2/c1-9-2-3-10(14(18)4-9)7-15(20-19)11-5-12(16)8-13(17)6-11/h2-6,8,15,20H,7,19H2,1H3. The average molecular weight is 419 g/mol. The van der Waals surface area contributed by atoms with Crippen molar-refractivity contribution in [2.75, 3.05) is 0 Å². The molecular formula is C15H15Br2ClN2. The van der Waals surface area contributed by atoms with Crippen molar-refractivity contribution in [3.8, 4) is 0 Å². The predicted molar refractivity (Wildman–Crippen MR) is 91.8 cm³/mol. The van der Waals surface area contributed by atoms with Crippen LogP contribution in [-0.2, 0) is 6.42 Å². The van der Waals surface area contributed by atoms with Gasteiger partial charge in [-0.15, -0.1) is 0 Å². The molecule has 0 saturated carbocycles. The molecular weight excluding hydrogens is 403 g/mol. The number of rotatable bonds is 4. The van der Waals surface area contributed by atoms with Gasteiger partial charge in [0.2, 0.25) is 0 Å². The van der Waals surface area contributed by atoms with Gasteiger partial charge < -0.3 is 0 Å². The summed E-state index contributed by atoms with van der Waals surface area (Å²) in [5.74, 6) is 5.71. The second kappa shape index (κ2) is 7.05. The first-order chi connectivity index (χ1) is 9.49. The van der Waals surface area contributed by atoms with E-state index < -0.39 is 0 Å². The Bertz CT molecular complexity index is 597. The highest BCUT2D eigenvalue weighted by Crippen LogP contribution is 2.28. The van der Waals surface area contributed by atoms with E-state index in [1.54, 1.807) is 0 Å². The van der Waals surface area contributed by atoms with Gasteiger partial charge in [-0.25, -0.2) is 0 Å². The van der Waals surface area contributed by atoms with E-state index in [0.29, 0.717) is 0 Å². The fraction of sp³-hybridized carbons (Fsp3) is 0.200. The molecule has 0 bridgehead atoms. The highest BCUT2D eigenvalue weighted by molar-refractivity contribution is 9.11. The van der Waals surface area contributed by atoms with Crippen LogP contribution in [0.1, 0.15) is 22.7 Å². The molecule has 2 aromatic carbocycles. The van der Waals surface area contributed by atoms with Crippen molar-refractivity contribution in [1.29, 1.82) is 0 Å². The van der Waals surface area contributed by atoms with Crippen LogP contribution >= 0.6 is 43.5 Å². The fourth-order valence-corrected chi connectivity index (χ4v) is 3.73. The number of hydrazine groups is 1. The van der Waals surface area contributed by atoms with Crippen molar-refractivity contribution < 1.29 is 0 Å². The Hall–Kier alpha value is -0.390. The molecule has 106 valence electrons. The van der Waals surface area contributed by atoms with E-state index in [2.05, 4.69) is 61.6 Å². The molecule has 0 aromatic heterocycles. The van der Waals surface area contributed by atoms with Crippen LogP contribution in [0.15, 0.2) is 45.3 Å². The first-order valence-corrected chi connectivity index (χ1v) is 8.13. The number of benzene rings is 2. The third kappa shape index (κ3) is 4.06. The Morgan fingerprint density at radius 1 is 1.15 bits per heavy atom. The second-order valence-electron chi connectivity index (χ2n) is 4.72. The maximum atomic E-state index is 6.29. The summed E-state index contributed by atoms with van der Waals surface area (Å²) >= 11 is 13.3. The van der Waals surface area contributed by atoms with Gasteiger partial charge in [0.1, 0.15) is 0 Å². The Kier molecular flexibility index (Phi) is 5.64. The molecule has 0 aliphatic rings. The number of halogens is 3. The molecule has 0 fully saturated rings. The van der Waals surface area contributed by atoms with Crippen molar-refractivity contribution in [3.05, 3.63) is 67.1 Å². The molecule has 0 amide bonds. The third-order valence-corrected chi connectivity index (χ3v) is 4.39.